The molecule has 0 N–H and O–H groups in total. The Morgan fingerprint density at radius 1 is 0.311 bits per heavy atom. The maximum atomic E-state index is 2.41. The van der Waals surface area contributed by atoms with Gasteiger partial charge < -0.3 is 4.90 Å². The maximum absolute atomic E-state index is 2.41. The fourth-order valence-electron chi connectivity index (χ4n) is 6.58. The zero-order chi connectivity index (χ0) is 30.0. The third kappa shape index (κ3) is 4.95. The van der Waals surface area contributed by atoms with Crippen molar-refractivity contribution in [3.8, 4) is 33.4 Å². The summed E-state index contributed by atoms with van der Waals surface area (Å²) in [7, 11) is 0. The van der Waals surface area contributed by atoms with E-state index in [9.17, 15) is 0 Å². The van der Waals surface area contributed by atoms with Gasteiger partial charge in [-0.25, -0.2) is 0 Å². The van der Waals surface area contributed by atoms with Gasteiger partial charge in [0.15, 0.2) is 0 Å². The molecule has 45 heavy (non-hydrogen) atoms. The Morgan fingerprint density at radius 3 is 1.62 bits per heavy atom. The average molecular weight is 574 g/mol. The number of hydrogen-bond donors (Lipinski definition) is 0. The third-order valence-corrected chi connectivity index (χ3v) is 8.65. The highest BCUT2D eigenvalue weighted by molar-refractivity contribution is 6.09. The molecular weight excluding hydrogens is 542 g/mol. The minimum absolute atomic E-state index is 1.11. The van der Waals surface area contributed by atoms with Gasteiger partial charge in [0.1, 0.15) is 0 Å². The molecule has 8 aromatic rings. The fourth-order valence-corrected chi connectivity index (χ4v) is 6.58. The largest absolute Gasteiger partial charge is 0.310 e. The summed E-state index contributed by atoms with van der Waals surface area (Å²) in [4.78, 5) is 2.41. The van der Waals surface area contributed by atoms with Crippen LogP contribution >= 0.6 is 0 Å². The Morgan fingerprint density at radius 2 is 0.867 bits per heavy atom. The Hall–Kier alpha value is -5.92. The lowest BCUT2D eigenvalue weighted by molar-refractivity contribution is 1.29. The van der Waals surface area contributed by atoms with Crippen molar-refractivity contribution in [3.05, 3.63) is 188 Å². The molecule has 1 heteroatoms. The van der Waals surface area contributed by atoms with E-state index in [4.69, 9.17) is 0 Å². The highest BCUT2D eigenvalue weighted by Crippen LogP contribution is 2.48. The van der Waals surface area contributed by atoms with E-state index in [0.717, 1.165) is 17.1 Å². The van der Waals surface area contributed by atoms with Gasteiger partial charge in [0.2, 0.25) is 0 Å². The second-order valence-corrected chi connectivity index (χ2v) is 11.3. The van der Waals surface area contributed by atoms with Gasteiger partial charge in [-0.15, -0.1) is 0 Å². The van der Waals surface area contributed by atoms with E-state index in [1.165, 1.54) is 54.9 Å². The van der Waals surface area contributed by atoms with Gasteiger partial charge in [0, 0.05) is 16.9 Å². The lowest BCUT2D eigenvalue weighted by Gasteiger charge is -2.30. The van der Waals surface area contributed by atoms with Crippen LogP contribution < -0.4 is 4.90 Å². The van der Waals surface area contributed by atoms with Crippen molar-refractivity contribution in [2.75, 3.05) is 4.90 Å². The number of benzene rings is 8. The van der Waals surface area contributed by atoms with Gasteiger partial charge in [0.05, 0.1) is 5.69 Å². The van der Waals surface area contributed by atoms with Crippen LogP contribution in [0, 0.1) is 0 Å². The monoisotopic (exact) mass is 573 g/mol. The summed E-state index contributed by atoms with van der Waals surface area (Å²) in [5.41, 5.74) is 10.6. The number of fused-ring (bicyclic) bond motifs is 3. The van der Waals surface area contributed by atoms with E-state index in [1.54, 1.807) is 0 Å². The number of anilines is 3. The smallest absolute Gasteiger partial charge is 0.0546 e. The molecule has 0 spiro atoms. The Bertz CT molecular complexity index is 2250. The predicted octanol–water partition coefficient (Wildman–Crippen LogP) is 12.5. The van der Waals surface area contributed by atoms with Crippen LogP contribution in [0.15, 0.2) is 188 Å². The lowest BCUT2D eigenvalue weighted by Crippen LogP contribution is -2.12. The first-order valence-corrected chi connectivity index (χ1v) is 15.5. The Labute approximate surface area is 264 Å². The lowest BCUT2D eigenvalue weighted by atomic mass is 9.87. The Balaban J connectivity index is 1.43. The maximum Gasteiger partial charge on any atom is 0.0546 e. The van der Waals surface area contributed by atoms with Crippen LogP contribution in [-0.2, 0) is 0 Å². The van der Waals surface area contributed by atoms with Crippen molar-refractivity contribution in [1.82, 2.24) is 0 Å². The van der Waals surface area contributed by atoms with Crippen LogP contribution in [0.25, 0.3) is 54.9 Å². The van der Waals surface area contributed by atoms with E-state index < -0.39 is 0 Å². The first kappa shape index (κ1) is 26.7. The molecule has 0 aliphatic carbocycles. The molecule has 0 bridgehead atoms. The topological polar surface area (TPSA) is 3.24 Å². The number of para-hydroxylation sites is 1. The van der Waals surface area contributed by atoms with E-state index in [1.807, 2.05) is 0 Å². The molecule has 8 rings (SSSR count). The van der Waals surface area contributed by atoms with Gasteiger partial charge in [-0.2, -0.15) is 0 Å². The summed E-state index contributed by atoms with van der Waals surface area (Å²) in [6.07, 6.45) is 0. The minimum atomic E-state index is 1.11. The molecule has 0 radical (unpaired) electrons. The van der Waals surface area contributed by atoms with Crippen molar-refractivity contribution in [3.63, 3.8) is 0 Å². The molecule has 0 unspecified atom stereocenters. The second-order valence-electron chi connectivity index (χ2n) is 11.3. The van der Waals surface area contributed by atoms with E-state index >= 15 is 0 Å². The highest BCUT2D eigenvalue weighted by Gasteiger charge is 2.22. The molecule has 0 aliphatic rings. The molecule has 0 aromatic heterocycles. The Kier molecular flexibility index (Phi) is 6.90. The third-order valence-electron chi connectivity index (χ3n) is 8.65. The van der Waals surface area contributed by atoms with Crippen molar-refractivity contribution in [1.29, 1.82) is 0 Å². The van der Waals surface area contributed by atoms with E-state index in [2.05, 4.69) is 193 Å². The van der Waals surface area contributed by atoms with Crippen molar-refractivity contribution in [2.24, 2.45) is 0 Å². The molecule has 0 saturated carbocycles. The van der Waals surface area contributed by atoms with Crippen molar-refractivity contribution >= 4 is 38.6 Å². The summed E-state index contributed by atoms with van der Waals surface area (Å²) < 4.78 is 0. The van der Waals surface area contributed by atoms with Gasteiger partial charge >= 0.3 is 0 Å². The van der Waals surface area contributed by atoms with E-state index in [-0.39, 0.29) is 0 Å². The van der Waals surface area contributed by atoms with Crippen LogP contribution in [0.1, 0.15) is 0 Å². The van der Waals surface area contributed by atoms with Crippen molar-refractivity contribution < 1.29 is 0 Å². The molecule has 0 heterocycles. The van der Waals surface area contributed by atoms with Gasteiger partial charge in [-0.3, -0.25) is 0 Å². The first-order chi connectivity index (χ1) is 22.3. The highest BCUT2D eigenvalue weighted by atomic mass is 15.1. The molecule has 0 aliphatic heterocycles. The summed E-state index contributed by atoms with van der Waals surface area (Å²) >= 11 is 0. The van der Waals surface area contributed by atoms with Crippen LogP contribution in [0.5, 0.6) is 0 Å². The number of rotatable bonds is 6. The molecule has 1 nitrogen and oxygen atoms in total. The minimum Gasteiger partial charge on any atom is -0.310 e. The fraction of sp³-hybridized carbons (Fsp3) is 0. The normalized spacial score (nSPS) is 11.1. The van der Waals surface area contributed by atoms with Crippen LogP contribution in [0.4, 0.5) is 17.1 Å². The second kappa shape index (κ2) is 11.6. The van der Waals surface area contributed by atoms with Crippen molar-refractivity contribution in [2.45, 2.75) is 0 Å². The summed E-state index contributed by atoms with van der Waals surface area (Å²) in [6, 6.07) is 67.7. The molecule has 0 saturated heterocycles. The van der Waals surface area contributed by atoms with Crippen LogP contribution in [0.3, 0.4) is 0 Å². The standard InChI is InChI=1S/C44H31N/c1-4-15-32(16-5-1)39-23-12-13-24-42(39)44-41(33-17-6-2-7-18-33)25-14-26-43(44)45(36-20-8-3-9-21-36)37-29-30-40-35(31-37)28-27-34-19-10-11-22-38(34)40/h1-31H. The van der Waals surface area contributed by atoms with Gasteiger partial charge in [0.25, 0.3) is 0 Å². The van der Waals surface area contributed by atoms with E-state index in [0.29, 0.717) is 0 Å². The molecule has 0 fully saturated rings. The summed E-state index contributed by atoms with van der Waals surface area (Å²) in [5, 5.41) is 5.01. The quantitative estimate of drug-likeness (QED) is 0.179. The zero-order valence-electron chi connectivity index (χ0n) is 24.8. The molecule has 212 valence electrons. The zero-order valence-corrected chi connectivity index (χ0v) is 24.8. The predicted molar refractivity (Wildman–Crippen MR) is 192 cm³/mol. The SMILES string of the molecule is c1ccc(-c2ccccc2-c2c(-c3ccccc3)cccc2N(c2ccccc2)c2ccc3c(ccc4ccccc43)c2)cc1. The van der Waals surface area contributed by atoms with Crippen LogP contribution in [0.2, 0.25) is 0 Å². The summed E-state index contributed by atoms with van der Waals surface area (Å²) in [6.45, 7) is 0. The average Bonchev–Trinajstić information content (AvgIpc) is 3.13. The van der Waals surface area contributed by atoms with Gasteiger partial charge in [-0.05, 0) is 79.7 Å². The number of nitrogens with zero attached hydrogens (tertiary/aromatic N) is 1. The van der Waals surface area contributed by atoms with Gasteiger partial charge in [-0.1, -0.05) is 158 Å². The summed E-state index contributed by atoms with van der Waals surface area (Å²) in [5.74, 6) is 0. The molecule has 0 amide bonds. The number of hydrogen-bond acceptors (Lipinski definition) is 1. The first-order valence-electron chi connectivity index (χ1n) is 15.5. The molecule has 0 atom stereocenters. The van der Waals surface area contributed by atoms with Crippen LogP contribution in [-0.4, -0.2) is 0 Å². The molecule has 8 aromatic carbocycles. The molecular formula is C44H31N.